The van der Waals surface area contributed by atoms with Crippen LogP contribution in [0.2, 0.25) is 0 Å². The fourth-order valence-electron chi connectivity index (χ4n) is 1.37. The van der Waals surface area contributed by atoms with E-state index in [4.69, 9.17) is 22.7 Å². The number of rotatable bonds is 3. The summed E-state index contributed by atoms with van der Waals surface area (Å²) < 4.78 is 32.4. The van der Waals surface area contributed by atoms with E-state index in [1.54, 1.807) is 12.1 Å². The van der Waals surface area contributed by atoms with Crippen molar-refractivity contribution in [1.29, 1.82) is 0 Å². The maximum atomic E-state index is 13.6. The number of hydrogen-bond donors (Lipinski definition) is 1. The molecule has 98 valence electrons. The highest BCUT2D eigenvalue weighted by molar-refractivity contribution is 9.10. The Morgan fingerprint density at radius 3 is 2.79 bits per heavy atom. The third-order valence-electron chi connectivity index (χ3n) is 2.20. The summed E-state index contributed by atoms with van der Waals surface area (Å²) in [6, 6.07) is 5.47. The number of halogens is 3. The predicted octanol–water partition coefficient (Wildman–Crippen LogP) is 3.55. The molecular weight excluding hydrogens is 338 g/mol. The van der Waals surface area contributed by atoms with Crippen molar-refractivity contribution in [3.05, 3.63) is 52.1 Å². The van der Waals surface area contributed by atoms with Gasteiger partial charge in [0.25, 0.3) is 0 Å². The lowest BCUT2D eigenvalue weighted by Gasteiger charge is -2.10. The van der Waals surface area contributed by atoms with E-state index < -0.39 is 11.6 Å². The van der Waals surface area contributed by atoms with Gasteiger partial charge < -0.3 is 10.5 Å². The molecule has 1 heterocycles. The van der Waals surface area contributed by atoms with Crippen LogP contribution >= 0.6 is 28.1 Å². The summed E-state index contributed by atoms with van der Waals surface area (Å²) in [4.78, 5) is 3.96. The smallest absolute Gasteiger partial charge is 0.229 e. The van der Waals surface area contributed by atoms with Crippen molar-refractivity contribution in [3.63, 3.8) is 0 Å². The summed E-state index contributed by atoms with van der Waals surface area (Å²) >= 11 is 7.88. The van der Waals surface area contributed by atoms with E-state index in [0.717, 1.165) is 6.07 Å². The van der Waals surface area contributed by atoms with Gasteiger partial charge in [-0.1, -0.05) is 28.1 Å². The molecule has 3 nitrogen and oxygen atoms in total. The molecule has 1 aromatic heterocycles. The maximum absolute atomic E-state index is 13.6. The van der Waals surface area contributed by atoms with Crippen LogP contribution in [-0.4, -0.2) is 9.97 Å². The second-order valence-corrected chi connectivity index (χ2v) is 4.88. The fraction of sp³-hybridized carbons (Fsp3) is 0. The van der Waals surface area contributed by atoms with Crippen molar-refractivity contribution < 1.29 is 13.5 Å². The summed E-state index contributed by atoms with van der Waals surface area (Å²) in [6.07, 6.45) is 1.43. The first-order valence-corrected chi connectivity index (χ1v) is 6.26. The standard InChI is InChI=1S/C12H7BrF2N2OS/c13-6-4-8(14)10(15)9(5-6)18-12-7(11(16)19)2-1-3-17-12/h1-5H,(H2,16,19). The van der Waals surface area contributed by atoms with Crippen LogP contribution in [0.4, 0.5) is 8.78 Å². The monoisotopic (exact) mass is 344 g/mol. The van der Waals surface area contributed by atoms with E-state index in [2.05, 4.69) is 20.9 Å². The average Bonchev–Trinajstić information content (AvgIpc) is 2.35. The molecule has 0 aliphatic heterocycles. The molecule has 19 heavy (non-hydrogen) atoms. The maximum Gasteiger partial charge on any atom is 0.229 e. The summed E-state index contributed by atoms with van der Waals surface area (Å²) in [6.45, 7) is 0. The van der Waals surface area contributed by atoms with Gasteiger partial charge in [0, 0.05) is 10.7 Å². The zero-order chi connectivity index (χ0) is 14.0. The molecule has 0 radical (unpaired) electrons. The van der Waals surface area contributed by atoms with Gasteiger partial charge in [0.15, 0.2) is 11.6 Å². The number of aromatic nitrogens is 1. The third-order valence-corrected chi connectivity index (χ3v) is 2.88. The number of ether oxygens (including phenoxy) is 1. The minimum atomic E-state index is -1.11. The van der Waals surface area contributed by atoms with Crippen LogP contribution < -0.4 is 10.5 Å². The van der Waals surface area contributed by atoms with Crippen LogP contribution in [0.15, 0.2) is 34.9 Å². The quantitative estimate of drug-likeness (QED) is 0.683. The lowest BCUT2D eigenvalue weighted by atomic mass is 10.2. The first kappa shape index (κ1) is 13.8. The van der Waals surface area contributed by atoms with E-state index in [1.165, 1.54) is 12.3 Å². The van der Waals surface area contributed by atoms with Gasteiger partial charge in [0.2, 0.25) is 11.7 Å². The van der Waals surface area contributed by atoms with Crippen LogP contribution in [0.5, 0.6) is 11.6 Å². The van der Waals surface area contributed by atoms with E-state index in [1.807, 2.05) is 0 Å². The second-order valence-electron chi connectivity index (χ2n) is 3.52. The number of thiocarbonyl (C=S) groups is 1. The number of hydrogen-bond acceptors (Lipinski definition) is 3. The second kappa shape index (κ2) is 5.58. The van der Waals surface area contributed by atoms with Crippen molar-refractivity contribution in [1.82, 2.24) is 4.98 Å². The summed E-state index contributed by atoms with van der Waals surface area (Å²) in [5.41, 5.74) is 5.85. The highest BCUT2D eigenvalue weighted by Crippen LogP contribution is 2.30. The molecule has 0 saturated heterocycles. The SMILES string of the molecule is NC(=S)c1cccnc1Oc1cc(Br)cc(F)c1F. The lowest BCUT2D eigenvalue weighted by Crippen LogP contribution is -2.11. The molecule has 2 N–H and O–H groups in total. The van der Waals surface area contributed by atoms with Crippen LogP contribution in [0, 0.1) is 11.6 Å². The Morgan fingerprint density at radius 1 is 1.37 bits per heavy atom. The first-order valence-electron chi connectivity index (χ1n) is 5.06. The molecule has 0 unspecified atom stereocenters. The van der Waals surface area contributed by atoms with Gasteiger partial charge in [-0.05, 0) is 24.3 Å². The van der Waals surface area contributed by atoms with Gasteiger partial charge in [0.1, 0.15) is 4.99 Å². The molecule has 1 aromatic carbocycles. The van der Waals surface area contributed by atoms with Crippen LogP contribution in [-0.2, 0) is 0 Å². The molecule has 0 fully saturated rings. The number of nitrogens with zero attached hydrogens (tertiary/aromatic N) is 1. The van der Waals surface area contributed by atoms with Crippen molar-refractivity contribution in [2.45, 2.75) is 0 Å². The Morgan fingerprint density at radius 2 is 2.11 bits per heavy atom. The molecule has 0 aliphatic rings. The number of pyridine rings is 1. The zero-order valence-electron chi connectivity index (χ0n) is 9.36. The average molecular weight is 345 g/mol. The summed E-state index contributed by atoms with van der Waals surface area (Å²) in [5.74, 6) is -2.42. The lowest BCUT2D eigenvalue weighted by molar-refractivity contribution is 0.404. The Kier molecular flexibility index (Phi) is 4.06. The van der Waals surface area contributed by atoms with Crippen LogP contribution in [0.3, 0.4) is 0 Å². The Hall–Kier alpha value is -1.60. The largest absolute Gasteiger partial charge is 0.435 e. The van der Waals surface area contributed by atoms with Crippen molar-refractivity contribution >= 4 is 33.1 Å². The molecule has 2 rings (SSSR count). The van der Waals surface area contributed by atoms with E-state index >= 15 is 0 Å². The highest BCUT2D eigenvalue weighted by atomic mass is 79.9. The van der Waals surface area contributed by atoms with Gasteiger partial charge in [-0.2, -0.15) is 4.39 Å². The third kappa shape index (κ3) is 3.05. The molecule has 0 spiro atoms. The minimum absolute atomic E-state index is 0.0198. The van der Waals surface area contributed by atoms with Crippen molar-refractivity contribution in [2.75, 3.05) is 0 Å². The summed E-state index contributed by atoms with van der Waals surface area (Å²) in [5, 5.41) is 0. The zero-order valence-corrected chi connectivity index (χ0v) is 11.8. The van der Waals surface area contributed by atoms with Crippen molar-refractivity contribution in [3.8, 4) is 11.6 Å². The molecule has 0 aliphatic carbocycles. The van der Waals surface area contributed by atoms with E-state index in [9.17, 15) is 8.78 Å². The van der Waals surface area contributed by atoms with Gasteiger partial charge in [-0.15, -0.1) is 0 Å². The number of benzene rings is 1. The predicted molar refractivity (Wildman–Crippen MR) is 74.3 cm³/mol. The molecule has 0 bridgehead atoms. The minimum Gasteiger partial charge on any atom is -0.435 e. The van der Waals surface area contributed by atoms with Gasteiger partial charge in [-0.25, -0.2) is 9.37 Å². The molecule has 0 atom stereocenters. The Bertz CT molecular complexity index is 652. The van der Waals surface area contributed by atoms with Gasteiger partial charge >= 0.3 is 0 Å². The van der Waals surface area contributed by atoms with Crippen LogP contribution in [0.25, 0.3) is 0 Å². The molecular formula is C12H7BrF2N2OS. The fourth-order valence-corrected chi connectivity index (χ4v) is 1.93. The van der Waals surface area contributed by atoms with E-state index in [0.29, 0.717) is 10.0 Å². The highest BCUT2D eigenvalue weighted by Gasteiger charge is 2.15. The molecule has 0 amide bonds. The Balaban J connectivity index is 2.45. The molecule has 7 heteroatoms. The first-order chi connectivity index (χ1) is 8.99. The molecule has 0 saturated carbocycles. The molecule has 2 aromatic rings. The number of nitrogens with two attached hydrogens (primary N) is 1. The van der Waals surface area contributed by atoms with Crippen molar-refractivity contribution in [2.24, 2.45) is 5.73 Å². The van der Waals surface area contributed by atoms with E-state index in [-0.39, 0.29) is 16.6 Å². The normalized spacial score (nSPS) is 10.3. The topological polar surface area (TPSA) is 48.1 Å². The summed E-state index contributed by atoms with van der Waals surface area (Å²) in [7, 11) is 0. The van der Waals surface area contributed by atoms with Crippen LogP contribution in [0.1, 0.15) is 5.56 Å². The Labute approximate surface area is 121 Å². The van der Waals surface area contributed by atoms with Gasteiger partial charge in [-0.3, -0.25) is 0 Å². The van der Waals surface area contributed by atoms with Gasteiger partial charge in [0.05, 0.1) is 5.56 Å².